The Labute approximate surface area is 215 Å². The zero-order valence-electron chi connectivity index (χ0n) is 20.8. The summed E-state index contributed by atoms with van der Waals surface area (Å²) in [5, 5.41) is 14.2. The van der Waals surface area contributed by atoms with Crippen LogP contribution in [0.25, 0.3) is 44.8 Å². The van der Waals surface area contributed by atoms with Gasteiger partial charge in [-0.1, -0.05) is 54.6 Å². The minimum atomic E-state index is -1.03. The molecular weight excluding hydrogens is 468 g/mol. The number of rotatable bonds is 7. The SMILES string of the molecule is CCOC(=O)/C=C\c1cc2ccccc2c2c1OCOc1c(/C=C\C(O)OCC)cc3ccccc3c1-2. The Kier molecular flexibility index (Phi) is 7.21. The first kappa shape index (κ1) is 24.6. The zero-order chi connectivity index (χ0) is 25.8. The maximum atomic E-state index is 12.1. The molecule has 0 radical (unpaired) electrons. The Morgan fingerprint density at radius 3 is 2.03 bits per heavy atom. The molecule has 188 valence electrons. The first-order valence-electron chi connectivity index (χ1n) is 12.3. The topological polar surface area (TPSA) is 74.2 Å². The molecule has 6 nitrogen and oxygen atoms in total. The van der Waals surface area contributed by atoms with Gasteiger partial charge in [0.25, 0.3) is 0 Å². The van der Waals surface area contributed by atoms with Crippen molar-refractivity contribution < 1.29 is 28.8 Å². The molecule has 1 atom stereocenters. The van der Waals surface area contributed by atoms with Gasteiger partial charge in [-0.15, -0.1) is 0 Å². The molecule has 0 spiro atoms. The molecule has 37 heavy (non-hydrogen) atoms. The second-order valence-electron chi connectivity index (χ2n) is 8.48. The quantitative estimate of drug-likeness (QED) is 0.183. The van der Waals surface area contributed by atoms with Crippen LogP contribution in [0, 0.1) is 0 Å². The summed E-state index contributed by atoms with van der Waals surface area (Å²) < 4.78 is 22.8. The van der Waals surface area contributed by atoms with Crippen LogP contribution in [0.15, 0.2) is 72.8 Å². The lowest BCUT2D eigenvalue weighted by molar-refractivity contribution is -0.137. The largest absolute Gasteiger partial charge is 0.463 e. The number of hydrogen-bond acceptors (Lipinski definition) is 6. The number of carbonyl (C=O) groups excluding carboxylic acids is 1. The monoisotopic (exact) mass is 496 g/mol. The maximum Gasteiger partial charge on any atom is 0.330 e. The third kappa shape index (κ3) is 4.94. The van der Waals surface area contributed by atoms with Crippen molar-refractivity contribution in [2.75, 3.05) is 20.0 Å². The lowest BCUT2D eigenvalue weighted by Crippen LogP contribution is -2.07. The molecule has 1 unspecified atom stereocenters. The van der Waals surface area contributed by atoms with Gasteiger partial charge < -0.3 is 24.1 Å². The lowest BCUT2D eigenvalue weighted by Gasteiger charge is -2.17. The van der Waals surface area contributed by atoms with Gasteiger partial charge in [-0.3, -0.25) is 0 Å². The molecule has 4 aromatic rings. The van der Waals surface area contributed by atoms with E-state index < -0.39 is 12.3 Å². The Balaban J connectivity index is 1.81. The molecule has 0 saturated carbocycles. The molecule has 0 fully saturated rings. The van der Waals surface area contributed by atoms with E-state index in [9.17, 15) is 9.90 Å². The van der Waals surface area contributed by atoms with E-state index in [1.54, 1.807) is 19.1 Å². The molecule has 1 aliphatic heterocycles. The van der Waals surface area contributed by atoms with E-state index in [0.717, 1.165) is 43.8 Å². The minimum Gasteiger partial charge on any atom is -0.463 e. The number of fused-ring (bicyclic) bond motifs is 7. The van der Waals surface area contributed by atoms with E-state index in [0.29, 0.717) is 24.7 Å². The zero-order valence-corrected chi connectivity index (χ0v) is 20.8. The minimum absolute atomic E-state index is 0.0220. The molecule has 6 heteroatoms. The highest BCUT2D eigenvalue weighted by Crippen LogP contribution is 2.50. The number of ether oxygens (including phenoxy) is 4. The summed E-state index contributed by atoms with van der Waals surface area (Å²) in [4.78, 5) is 12.1. The predicted molar refractivity (Wildman–Crippen MR) is 145 cm³/mol. The summed E-state index contributed by atoms with van der Waals surface area (Å²) >= 11 is 0. The van der Waals surface area contributed by atoms with Crippen molar-refractivity contribution in [3.05, 3.63) is 83.9 Å². The van der Waals surface area contributed by atoms with E-state index in [4.69, 9.17) is 18.9 Å². The fourth-order valence-electron chi connectivity index (χ4n) is 4.66. The molecule has 1 heterocycles. The fraction of sp³-hybridized carbons (Fsp3) is 0.194. The van der Waals surface area contributed by atoms with Crippen LogP contribution in [0.3, 0.4) is 0 Å². The van der Waals surface area contributed by atoms with Crippen LogP contribution in [-0.4, -0.2) is 37.4 Å². The Morgan fingerprint density at radius 1 is 0.892 bits per heavy atom. The first-order valence-corrected chi connectivity index (χ1v) is 12.3. The van der Waals surface area contributed by atoms with E-state index in [2.05, 4.69) is 12.1 Å². The summed E-state index contributed by atoms with van der Waals surface area (Å²) in [5.41, 5.74) is 3.31. The fourth-order valence-corrected chi connectivity index (χ4v) is 4.66. The molecular formula is C31H28O6. The van der Waals surface area contributed by atoms with Crippen molar-refractivity contribution in [3.8, 4) is 22.6 Å². The number of aliphatic hydroxyl groups is 1. The number of hydrogen-bond donors (Lipinski definition) is 1. The number of esters is 1. The third-order valence-electron chi connectivity index (χ3n) is 6.18. The second kappa shape index (κ2) is 10.9. The smallest absolute Gasteiger partial charge is 0.330 e. The van der Waals surface area contributed by atoms with E-state index in [1.165, 1.54) is 6.08 Å². The second-order valence-corrected chi connectivity index (χ2v) is 8.48. The van der Waals surface area contributed by atoms with Crippen LogP contribution < -0.4 is 9.47 Å². The van der Waals surface area contributed by atoms with Crippen LogP contribution in [0.4, 0.5) is 0 Å². The lowest BCUT2D eigenvalue weighted by atomic mass is 9.88. The van der Waals surface area contributed by atoms with Gasteiger partial charge in [-0.25, -0.2) is 4.79 Å². The molecule has 0 bridgehead atoms. The van der Waals surface area contributed by atoms with Crippen molar-refractivity contribution in [1.29, 1.82) is 0 Å². The maximum absolute atomic E-state index is 12.1. The molecule has 5 rings (SSSR count). The molecule has 0 aromatic heterocycles. The normalized spacial score (nSPS) is 13.7. The first-order chi connectivity index (χ1) is 18.1. The number of aliphatic hydroxyl groups excluding tert-OH is 1. The van der Waals surface area contributed by atoms with Gasteiger partial charge in [0.15, 0.2) is 6.29 Å². The summed E-state index contributed by atoms with van der Waals surface area (Å²) in [6.45, 7) is 4.28. The van der Waals surface area contributed by atoms with Crippen molar-refractivity contribution in [2.45, 2.75) is 20.1 Å². The van der Waals surface area contributed by atoms with Crippen molar-refractivity contribution in [3.63, 3.8) is 0 Å². The van der Waals surface area contributed by atoms with Crippen LogP contribution >= 0.6 is 0 Å². The molecule has 4 aromatic carbocycles. The van der Waals surface area contributed by atoms with Gasteiger partial charge in [-0.05, 0) is 59.7 Å². The molecule has 1 N–H and O–H groups in total. The van der Waals surface area contributed by atoms with E-state index in [-0.39, 0.29) is 6.79 Å². The van der Waals surface area contributed by atoms with Crippen LogP contribution in [0.2, 0.25) is 0 Å². The highest BCUT2D eigenvalue weighted by molar-refractivity contribution is 6.12. The van der Waals surface area contributed by atoms with Gasteiger partial charge in [0.1, 0.15) is 11.5 Å². The van der Waals surface area contributed by atoms with E-state index in [1.807, 2.05) is 61.5 Å². The Hall–Kier alpha value is -4.13. The van der Waals surface area contributed by atoms with E-state index >= 15 is 0 Å². The number of carbonyl (C=O) groups is 1. The summed E-state index contributed by atoms with van der Waals surface area (Å²) in [6.07, 6.45) is 5.51. The molecule has 1 aliphatic rings. The molecule has 0 amide bonds. The van der Waals surface area contributed by atoms with Gasteiger partial charge in [0.2, 0.25) is 6.79 Å². The van der Waals surface area contributed by atoms with Crippen LogP contribution in [0.5, 0.6) is 11.5 Å². The van der Waals surface area contributed by atoms with Crippen molar-refractivity contribution >= 4 is 39.7 Å². The van der Waals surface area contributed by atoms with Crippen molar-refractivity contribution in [1.82, 2.24) is 0 Å². The van der Waals surface area contributed by atoms with Gasteiger partial charge >= 0.3 is 5.97 Å². The van der Waals surface area contributed by atoms with Crippen LogP contribution in [0.1, 0.15) is 25.0 Å². The summed E-state index contributed by atoms with van der Waals surface area (Å²) in [6, 6.07) is 20.2. The summed E-state index contributed by atoms with van der Waals surface area (Å²) in [7, 11) is 0. The van der Waals surface area contributed by atoms with Gasteiger partial charge in [0, 0.05) is 34.9 Å². The third-order valence-corrected chi connectivity index (χ3v) is 6.18. The molecule has 0 saturated heterocycles. The molecule has 0 aliphatic carbocycles. The average Bonchev–Trinajstić information content (AvgIpc) is 3.12. The summed E-state index contributed by atoms with van der Waals surface area (Å²) in [5.74, 6) is 0.855. The standard InChI is InChI=1S/C31H28O6/c1-3-34-26(32)15-13-22-17-20-9-5-7-11-24(20)28-29-25-12-8-6-10-21(25)18-23(14-16-27(33)35-4-2)31(29)37-19-36-30(22)28/h5-18,26,32H,3-4,19H2,1-2H3/b15-13-,16-14-. The average molecular weight is 497 g/mol. The van der Waals surface area contributed by atoms with Crippen molar-refractivity contribution in [2.24, 2.45) is 0 Å². The highest BCUT2D eigenvalue weighted by Gasteiger charge is 2.26. The Bertz CT molecular complexity index is 1520. The Morgan fingerprint density at radius 2 is 1.46 bits per heavy atom. The highest BCUT2D eigenvalue weighted by atomic mass is 16.7. The van der Waals surface area contributed by atoms with Crippen LogP contribution in [-0.2, 0) is 14.3 Å². The number of benzene rings is 4. The van der Waals surface area contributed by atoms with Gasteiger partial charge in [-0.2, -0.15) is 0 Å². The van der Waals surface area contributed by atoms with Gasteiger partial charge in [0.05, 0.1) is 6.61 Å². The predicted octanol–water partition coefficient (Wildman–Crippen LogP) is 6.33.